The minimum atomic E-state index is -3.00. The van der Waals surface area contributed by atoms with E-state index in [0.29, 0.717) is 4.47 Å². The first kappa shape index (κ1) is 11.9. The first-order valence-electron chi connectivity index (χ1n) is 3.79. The van der Waals surface area contributed by atoms with Crippen molar-refractivity contribution in [2.24, 2.45) is 0 Å². The molecule has 0 saturated heterocycles. The molecule has 0 radical (unpaired) electrons. The Morgan fingerprint density at radius 2 is 2.14 bits per heavy atom. The Bertz CT molecular complexity index is 331. The Morgan fingerprint density at radius 3 is 2.64 bits per heavy atom. The van der Waals surface area contributed by atoms with E-state index in [1.54, 1.807) is 0 Å². The molecule has 1 aromatic carbocycles. The van der Waals surface area contributed by atoms with Gasteiger partial charge in [-0.3, -0.25) is 0 Å². The third kappa shape index (κ3) is 2.65. The van der Waals surface area contributed by atoms with E-state index in [9.17, 15) is 8.78 Å². The molecule has 1 rings (SSSR count). The summed E-state index contributed by atoms with van der Waals surface area (Å²) in [7, 11) is 1.23. The van der Waals surface area contributed by atoms with Crippen LogP contribution in [0.15, 0.2) is 22.7 Å². The van der Waals surface area contributed by atoms with Gasteiger partial charge < -0.3 is 4.74 Å². The summed E-state index contributed by atoms with van der Waals surface area (Å²) in [6, 6.07) is 4.03. The fourth-order valence-corrected chi connectivity index (χ4v) is 1.42. The molecule has 0 aromatic heterocycles. The molecule has 0 atom stereocenters. The van der Waals surface area contributed by atoms with Gasteiger partial charge in [0.2, 0.25) is 0 Å². The van der Waals surface area contributed by atoms with Crippen LogP contribution in [0.4, 0.5) is 8.78 Å². The van der Waals surface area contributed by atoms with Crippen molar-refractivity contribution in [1.82, 2.24) is 0 Å². The van der Waals surface area contributed by atoms with Gasteiger partial charge in [-0.1, -0.05) is 17.7 Å². The Balaban J connectivity index is 3.01. The van der Waals surface area contributed by atoms with E-state index in [1.807, 2.05) is 0 Å². The van der Waals surface area contributed by atoms with Crippen LogP contribution in [0.5, 0.6) is 0 Å². The van der Waals surface area contributed by atoms with Crippen LogP contribution in [0.3, 0.4) is 0 Å². The van der Waals surface area contributed by atoms with Crippen LogP contribution in [0.2, 0.25) is 5.02 Å². The molecular weight excluding hydrogens is 277 g/mol. The largest absolute Gasteiger partial charge is 0.378 e. The average molecular weight is 286 g/mol. The standard InChI is InChI=1S/C9H8BrClF2O/c1-14-5-9(12,13)6-2-3-7(10)8(11)4-6/h2-4H,5H2,1H3. The van der Waals surface area contributed by atoms with Crippen LogP contribution < -0.4 is 0 Å². The van der Waals surface area contributed by atoms with Gasteiger partial charge in [0, 0.05) is 17.1 Å². The van der Waals surface area contributed by atoms with Crippen molar-refractivity contribution in [3.8, 4) is 0 Å². The highest BCUT2D eigenvalue weighted by Gasteiger charge is 2.31. The Morgan fingerprint density at radius 1 is 1.50 bits per heavy atom. The molecule has 0 saturated carbocycles. The van der Waals surface area contributed by atoms with E-state index in [0.717, 1.165) is 0 Å². The maximum Gasteiger partial charge on any atom is 0.296 e. The molecule has 0 fully saturated rings. The van der Waals surface area contributed by atoms with Gasteiger partial charge in [0.05, 0.1) is 5.02 Å². The van der Waals surface area contributed by atoms with E-state index >= 15 is 0 Å². The van der Waals surface area contributed by atoms with Crippen LogP contribution >= 0.6 is 27.5 Å². The second-order valence-corrected chi connectivity index (χ2v) is 4.03. The number of hydrogen-bond acceptors (Lipinski definition) is 1. The predicted octanol–water partition coefficient (Wildman–Crippen LogP) is 3.84. The quantitative estimate of drug-likeness (QED) is 0.820. The van der Waals surface area contributed by atoms with Crippen molar-refractivity contribution in [1.29, 1.82) is 0 Å². The van der Waals surface area contributed by atoms with Crippen LogP contribution in [0, 0.1) is 0 Å². The molecule has 0 bridgehead atoms. The molecule has 0 aliphatic heterocycles. The van der Waals surface area contributed by atoms with E-state index in [2.05, 4.69) is 20.7 Å². The summed E-state index contributed by atoms with van der Waals surface area (Å²) in [6.07, 6.45) is 0. The van der Waals surface area contributed by atoms with Gasteiger partial charge >= 0.3 is 0 Å². The summed E-state index contributed by atoms with van der Waals surface area (Å²) in [6.45, 7) is -0.648. The average Bonchev–Trinajstić information content (AvgIpc) is 2.09. The number of halogens is 4. The van der Waals surface area contributed by atoms with Gasteiger partial charge in [-0.2, -0.15) is 8.78 Å². The second-order valence-electron chi connectivity index (χ2n) is 2.77. The summed E-state index contributed by atoms with van der Waals surface area (Å²) in [5.74, 6) is -3.00. The summed E-state index contributed by atoms with van der Waals surface area (Å²) < 4.78 is 31.6. The summed E-state index contributed by atoms with van der Waals surface area (Å²) in [5, 5.41) is 0.262. The lowest BCUT2D eigenvalue weighted by Crippen LogP contribution is -2.19. The lowest BCUT2D eigenvalue weighted by atomic mass is 10.1. The summed E-state index contributed by atoms with van der Waals surface area (Å²) in [4.78, 5) is 0. The molecule has 14 heavy (non-hydrogen) atoms. The third-order valence-electron chi connectivity index (χ3n) is 1.67. The van der Waals surface area contributed by atoms with Gasteiger partial charge in [-0.05, 0) is 28.1 Å². The van der Waals surface area contributed by atoms with Gasteiger partial charge in [-0.25, -0.2) is 0 Å². The Hall–Kier alpha value is -0.190. The van der Waals surface area contributed by atoms with Crippen LogP contribution in [-0.2, 0) is 10.7 Å². The molecule has 0 N–H and O–H groups in total. The molecule has 0 aliphatic carbocycles. The van der Waals surface area contributed by atoms with E-state index in [4.69, 9.17) is 11.6 Å². The summed E-state index contributed by atoms with van der Waals surface area (Å²) >= 11 is 8.83. The van der Waals surface area contributed by atoms with Gasteiger partial charge in [0.1, 0.15) is 6.61 Å². The van der Waals surface area contributed by atoms with E-state index in [1.165, 1.54) is 25.3 Å². The number of benzene rings is 1. The topological polar surface area (TPSA) is 9.23 Å². The van der Waals surface area contributed by atoms with E-state index in [-0.39, 0.29) is 10.6 Å². The number of hydrogen-bond donors (Lipinski definition) is 0. The Labute approximate surface area is 94.1 Å². The van der Waals surface area contributed by atoms with Gasteiger partial charge in [-0.15, -0.1) is 0 Å². The SMILES string of the molecule is COCC(F)(F)c1ccc(Br)c(Cl)c1. The highest BCUT2D eigenvalue weighted by Crippen LogP contribution is 2.32. The lowest BCUT2D eigenvalue weighted by molar-refractivity contribution is -0.0697. The van der Waals surface area contributed by atoms with Crippen molar-refractivity contribution in [2.75, 3.05) is 13.7 Å². The molecule has 0 aliphatic rings. The zero-order valence-electron chi connectivity index (χ0n) is 7.36. The van der Waals surface area contributed by atoms with Crippen LogP contribution in [0.25, 0.3) is 0 Å². The first-order valence-corrected chi connectivity index (χ1v) is 4.97. The van der Waals surface area contributed by atoms with Crippen molar-refractivity contribution < 1.29 is 13.5 Å². The molecule has 0 heterocycles. The fourth-order valence-electron chi connectivity index (χ4n) is 0.988. The normalized spacial score (nSPS) is 11.8. The minimum Gasteiger partial charge on any atom is -0.378 e. The molecule has 1 aromatic rings. The van der Waals surface area contributed by atoms with Crippen LogP contribution in [0.1, 0.15) is 5.56 Å². The van der Waals surface area contributed by atoms with Crippen LogP contribution in [-0.4, -0.2) is 13.7 Å². The third-order valence-corrected chi connectivity index (χ3v) is 2.90. The van der Waals surface area contributed by atoms with Crippen molar-refractivity contribution >= 4 is 27.5 Å². The monoisotopic (exact) mass is 284 g/mol. The summed E-state index contributed by atoms with van der Waals surface area (Å²) in [5.41, 5.74) is -0.146. The Kier molecular flexibility index (Phi) is 3.86. The molecule has 0 spiro atoms. The highest BCUT2D eigenvalue weighted by molar-refractivity contribution is 9.10. The van der Waals surface area contributed by atoms with Gasteiger partial charge in [0.15, 0.2) is 0 Å². The van der Waals surface area contributed by atoms with Crippen molar-refractivity contribution in [2.45, 2.75) is 5.92 Å². The van der Waals surface area contributed by atoms with Crippen molar-refractivity contribution in [3.05, 3.63) is 33.3 Å². The molecule has 0 unspecified atom stereocenters. The maximum atomic E-state index is 13.3. The van der Waals surface area contributed by atoms with Crippen molar-refractivity contribution in [3.63, 3.8) is 0 Å². The highest BCUT2D eigenvalue weighted by atomic mass is 79.9. The number of rotatable bonds is 3. The number of methoxy groups -OCH3 is 1. The zero-order valence-corrected chi connectivity index (χ0v) is 9.70. The smallest absolute Gasteiger partial charge is 0.296 e. The number of alkyl halides is 2. The molecular formula is C9H8BrClF2O. The minimum absolute atomic E-state index is 0.146. The molecule has 1 nitrogen and oxygen atoms in total. The molecule has 5 heteroatoms. The first-order chi connectivity index (χ1) is 6.47. The zero-order chi connectivity index (χ0) is 10.8. The number of ether oxygens (including phenoxy) is 1. The maximum absolute atomic E-state index is 13.3. The second kappa shape index (κ2) is 4.55. The fraction of sp³-hybridized carbons (Fsp3) is 0.333. The molecule has 0 amide bonds. The van der Waals surface area contributed by atoms with Gasteiger partial charge in [0.25, 0.3) is 5.92 Å². The lowest BCUT2D eigenvalue weighted by Gasteiger charge is -2.15. The van der Waals surface area contributed by atoms with E-state index < -0.39 is 12.5 Å². The molecule has 78 valence electrons. The predicted molar refractivity (Wildman–Crippen MR) is 54.9 cm³/mol.